The molecule has 0 aromatic rings. The molecule has 232 valence electrons. The molecule has 0 radical (unpaired) electrons. The standard InChI is InChI=1S/C28H42N6O7S/c1-41-17-15-30-14-13-21(29)24(35)31-22-9-6-4-2-3-5-8-19-18-28(19,27(38)33-42(39,40)20-11-12-20)32-25(36)23-10-7-16-34(23)26(22)37/h5,8,14,19-20,22-23,29H,2-4,6-7,9-13,15-18H2,1H3,(H,31,35)(H,32,36)(H,33,38). The largest absolute Gasteiger partial charge is 0.383 e. The molecule has 0 spiro atoms. The fourth-order valence-corrected chi connectivity index (χ4v) is 6.87. The normalized spacial score (nSPS) is 28.7. The molecule has 4 aliphatic rings. The first-order valence-corrected chi connectivity index (χ1v) is 16.3. The monoisotopic (exact) mass is 606 g/mol. The van der Waals surface area contributed by atoms with E-state index in [1.165, 1.54) is 11.1 Å². The second-order valence-electron chi connectivity index (χ2n) is 11.5. The van der Waals surface area contributed by atoms with Crippen LogP contribution in [0.15, 0.2) is 17.1 Å². The van der Waals surface area contributed by atoms with Gasteiger partial charge in [0.05, 0.1) is 18.4 Å². The van der Waals surface area contributed by atoms with E-state index in [9.17, 15) is 27.6 Å². The van der Waals surface area contributed by atoms with Crippen molar-refractivity contribution in [3.05, 3.63) is 12.2 Å². The van der Waals surface area contributed by atoms with E-state index >= 15 is 0 Å². The molecule has 3 fully saturated rings. The molecule has 4 rings (SSSR count). The molecule has 13 nitrogen and oxygen atoms in total. The zero-order chi connectivity index (χ0) is 30.3. The molecule has 0 aromatic carbocycles. The summed E-state index contributed by atoms with van der Waals surface area (Å²) in [6, 6.07) is -1.77. The van der Waals surface area contributed by atoms with Gasteiger partial charge in [-0.2, -0.15) is 0 Å². The van der Waals surface area contributed by atoms with Crippen LogP contribution in [0.2, 0.25) is 0 Å². The third kappa shape index (κ3) is 7.82. The van der Waals surface area contributed by atoms with Gasteiger partial charge in [-0.25, -0.2) is 8.42 Å². The lowest BCUT2D eigenvalue weighted by atomic mass is 10.0. The number of aliphatic imine (C=N–C) groups is 1. The molecule has 2 aliphatic carbocycles. The zero-order valence-electron chi connectivity index (χ0n) is 24.1. The molecule has 1 saturated heterocycles. The Kier molecular flexibility index (Phi) is 10.5. The second kappa shape index (κ2) is 13.9. The summed E-state index contributed by atoms with van der Waals surface area (Å²) in [7, 11) is -2.25. The summed E-state index contributed by atoms with van der Waals surface area (Å²) < 4.78 is 32.1. The number of methoxy groups -OCH3 is 1. The summed E-state index contributed by atoms with van der Waals surface area (Å²) >= 11 is 0. The van der Waals surface area contributed by atoms with Gasteiger partial charge >= 0.3 is 0 Å². The number of ether oxygens (including phenoxy) is 1. The Balaban J connectivity index is 1.48. The Hall–Kier alpha value is -3.13. The van der Waals surface area contributed by atoms with Crippen LogP contribution >= 0.6 is 0 Å². The first-order chi connectivity index (χ1) is 20.1. The van der Waals surface area contributed by atoms with E-state index in [-0.39, 0.29) is 24.5 Å². The van der Waals surface area contributed by atoms with Gasteiger partial charge < -0.3 is 20.3 Å². The van der Waals surface area contributed by atoms with Crippen LogP contribution in [0.3, 0.4) is 0 Å². The molecule has 4 atom stereocenters. The van der Waals surface area contributed by atoms with Crippen LogP contribution < -0.4 is 15.4 Å². The molecule has 4 N–H and O–H groups in total. The van der Waals surface area contributed by atoms with E-state index in [0.717, 1.165) is 19.3 Å². The molecule has 14 heteroatoms. The fraction of sp³-hybridized carbons (Fsp3) is 0.714. The van der Waals surface area contributed by atoms with Crippen LogP contribution in [0.5, 0.6) is 0 Å². The van der Waals surface area contributed by atoms with E-state index in [2.05, 4.69) is 20.3 Å². The van der Waals surface area contributed by atoms with Gasteiger partial charge in [-0.1, -0.05) is 25.0 Å². The molecule has 0 bridgehead atoms. The average molecular weight is 607 g/mol. The Bertz CT molecular complexity index is 1230. The quantitative estimate of drug-likeness (QED) is 0.159. The highest BCUT2D eigenvalue weighted by Gasteiger charge is 2.61. The minimum absolute atomic E-state index is 0.0132. The third-order valence-electron chi connectivity index (χ3n) is 8.26. The Morgan fingerprint density at radius 1 is 1.19 bits per heavy atom. The first kappa shape index (κ1) is 31.8. The van der Waals surface area contributed by atoms with Gasteiger partial charge in [0.1, 0.15) is 23.3 Å². The van der Waals surface area contributed by atoms with Crippen LogP contribution in [0.25, 0.3) is 0 Å². The van der Waals surface area contributed by atoms with Crippen molar-refractivity contribution in [3.63, 3.8) is 0 Å². The first-order valence-electron chi connectivity index (χ1n) is 14.8. The summed E-state index contributed by atoms with van der Waals surface area (Å²) in [4.78, 5) is 58.9. The Morgan fingerprint density at radius 2 is 1.98 bits per heavy atom. The summed E-state index contributed by atoms with van der Waals surface area (Å²) in [5.74, 6) is -2.68. The molecular weight excluding hydrogens is 564 g/mol. The smallest absolute Gasteiger partial charge is 0.265 e. The van der Waals surface area contributed by atoms with E-state index in [1.54, 1.807) is 7.11 Å². The highest BCUT2D eigenvalue weighted by Crippen LogP contribution is 2.46. The number of hydrogen-bond donors (Lipinski definition) is 4. The maximum absolute atomic E-state index is 13.7. The maximum atomic E-state index is 13.7. The lowest BCUT2D eigenvalue weighted by Gasteiger charge is -2.30. The minimum atomic E-state index is -3.80. The van der Waals surface area contributed by atoms with Crippen LogP contribution in [-0.4, -0.2) is 98.6 Å². The number of nitrogens with one attached hydrogen (secondary N) is 4. The molecule has 42 heavy (non-hydrogen) atoms. The SMILES string of the molecule is COCCN=CCC(=N)C(=O)NC1CCCCCC=CC2CC2(C(=O)NS(=O)(=O)C2CC2)NC(=O)C2CCCN2C1=O. The van der Waals surface area contributed by atoms with Gasteiger partial charge in [0, 0.05) is 32.2 Å². The van der Waals surface area contributed by atoms with Crippen molar-refractivity contribution >= 4 is 45.6 Å². The van der Waals surface area contributed by atoms with E-state index in [1.807, 2.05) is 12.2 Å². The highest BCUT2D eigenvalue weighted by molar-refractivity contribution is 7.91. The highest BCUT2D eigenvalue weighted by atomic mass is 32.2. The van der Waals surface area contributed by atoms with Gasteiger partial charge in [-0.3, -0.25) is 34.3 Å². The van der Waals surface area contributed by atoms with Crippen molar-refractivity contribution in [3.8, 4) is 0 Å². The summed E-state index contributed by atoms with van der Waals surface area (Å²) in [6.07, 6.45) is 10.9. The Labute approximate surface area is 246 Å². The van der Waals surface area contributed by atoms with Crippen molar-refractivity contribution in [2.75, 3.05) is 26.8 Å². The van der Waals surface area contributed by atoms with Crippen molar-refractivity contribution in [2.24, 2.45) is 10.9 Å². The van der Waals surface area contributed by atoms with Gasteiger partial charge in [0.2, 0.25) is 21.8 Å². The van der Waals surface area contributed by atoms with Crippen LogP contribution in [0, 0.1) is 11.3 Å². The number of sulfonamides is 1. The summed E-state index contributed by atoms with van der Waals surface area (Å²) in [6.45, 7) is 1.16. The number of nitrogens with zero attached hydrogens (tertiary/aromatic N) is 2. The van der Waals surface area contributed by atoms with Crippen molar-refractivity contribution in [1.29, 1.82) is 5.41 Å². The number of carbonyl (C=O) groups is 4. The zero-order valence-corrected chi connectivity index (χ0v) is 24.9. The maximum Gasteiger partial charge on any atom is 0.265 e. The van der Waals surface area contributed by atoms with Crippen molar-refractivity contribution in [2.45, 2.75) is 93.5 Å². The minimum Gasteiger partial charge on any atom is -0.383 e. The van der Waals surface area contributed by atoms with E-state index < -0.39 is 56.5 Å². The Morgan fingerprint density at radius 3 is 2.71 bits per heavy atom. The predicted molar refractivity (Wildman–Crippen MR) is 156 cm³/mol. The topological polar surface area (TPSA) is 187 Å². The number of fused-ring (bicyclic) bond motifs is 2. The molecule has 4 amide bonds. The van der Waals surface area contributed by atoms with Gasteiger partial charge in [0.15, 0.2) is 0 Å². The van der Waals surface area contributed by atoms with Crippen molar-refractivity contribution in [1.82, 2.24) is 20.3 Å². The molecule has 2 heterocycles. The van der Waals surface area contributed by atoms with Crippen LogP contribution in [0.1, 0.15) is 70.6 Å². The molecule has 2 saturated carbocycles. The van der Waals surface area contributed by atoms with Gasteiger partial charge in [0.25, 0.3) is 11.8 Å². The van der Waals surface area contributed by atoms with E-state index in [0.29, 0.717) is 58.2 Å². The third-order valence-corrected chi connectivity index (χ3v) is 10.1. The second-order valence-corrected chi connectivity index (χ2v) is 13.5. The average Bonchev–Trinajstić information content (AvgIpc) is 3.87. The van der Waals surface area contributed by atoms with Crippen molar-refractivity contribution < 1.29 is 32.3 Å². The molecular formula is C28H42N6O7S. The van der Waals surface area contributed by atoms with E-state index in [4.69, 9.17) is 10.1 Å². The number of hydrogen-bond acceptors (Lipinski definition) is 9. The fourth-order valence-electron chi connectivity index (χ4n) is 5.50. The summed E-state index contributed by atoms with van der Waals surface area (Å²) in [5.41, 5.74) is -1.62. The molecule has 0 aromatic heterocycles. The lowest BCUT2D eigenvalue weighted by molar-refractivity contribution is -0.142. The number of carbonyl (C=O) groups excluding carboxylic acids is 4. The van der Waals surface area contributed by atoms with Crippen LogP contribution in [-0.2, 0) is 33.9 Å². The lowest BCUT2D eigenvalue weighted by Crippen LogP contribution is -2.58. The predicted octanol–water partition coefficient (Wildman–Crippen LogP) is 0.593. The van der Waals surface area contributed by atoms with Gasteiger partial charge in [-0.15, -0.1) is 0 Å². The number of allylic oxidation sites excluding steroid dienone is 1. The van der Waals surface area contributed by atoms with Gasteiger partial charge in [-0.05, 0) is 51.4 Å². The number of amides is 4. The molecule has 4 unspecified atom stereocenters. The number of rotatable bonds is 10. The van der Waals surface area contributed by atoms with Crippen LogP contribution in [0.4, 0.5) is 0 Å². The molecule has 2 aliphatic heterocycles. The summed E-state index contributed by atoms with van der Waals surface area (Å²) in [5, 5.41) is 13.1.